The standard InChI is InChI=1S/C29H32ClNO5S/c1-18(2)35-27(29(33)34)14-19-7-9-24(20-11-12-37-17-20)21(13-19)16-31-28(32)25-10-8-23(15-26(25)30)36-22-5-3-4-6-22/h7-13,15,17-18,22,27H,3-6,14,16H2,1-2H3,(H,31,32)(H,33,34). The maximum absolute atomic E-state index is 13.0. The fourth-order valence-corrected chi connectivity index (χ4v) is 5.49. The van der Waals surface area contributed by atoms with Crippen LogP contribution in [0.5, 0.6) is 5.75 Å². The predicted molar refractivity (Wildman–Crippen MR) is 147 cm³/mol. The smallest absolute Gasteiger partial charge is 0.333 e. The summed E-state index contributed by atoms with van der Waals surface area (Å²) in [7, 11) is 0. The second-order valence-electron chi connectivity index (χ2n) is 9.57. The first-order chi connectivity index (χ1) is 17.8. The van der Waals surface area contributed by atoms with Crippen LogP contribution < -0.4 is 10.1 Å². The topological polar surface area (TPSA) is 84.9 Å². The number of benzene rings is 2. The van der Waals surface area contributed by atoms with Crippen LogP contribution in [-0.4, -0.2) is 35.3 Å². The summed E-state index contributed by atoms with van der Waals surface area (Å²) in [4.78, 5) is 24.7. The van der Waals surface area contributed by atoms with Crippen LogP contribution in [0.25, 0.3) is 11.1 Å². The maximum Gasteiger partial charge on any atom is 0.333 e. The van der Waals surface area contributed by atoms with Gasteiger partial charge < -0.3 is 19.9 Å². The van der Waals surface area contributed by atoms with Gasteiger partial charge in [-0.05, 0) is 96.8 Å². The van der Waals surface area contributed by atoms with E-state index in [1.165, 1.54) is 12.8 Å². The highest BCUT2D eigenvalue weighted by atomic mass is 35.5. The van der Waals surface area contributed by atoms with Crippen LogP contribution in [0.3, 0.4) is 0 Å². The molecule has 2 aromatic carbocycles. The summed E-state index contributed by atoms with van der Waals surface area (Å²) >= 11 is 8.04. The number of carbonyl (C=O) groups excluding carboxylic acids is 1. The summed E-state index contributed by atoms with van der Waals surface area (Å²) in [6.07, 6.45) is 3.73. The SMILES string of the molecule is CC(C)OC(Cc1ccc(-c2ccsc2)c(CNC(=O)c2ccc(OC3CCCC3)cc2Cl)c1)C(=O)O. The number of thiophene rings is 1. The maximum atomic E-state index is 13.0. The Morgan fingerprint density at radius 2 is 1.92 bits per heavy atom. The Kier molecular flexibility index (Phi) is 9.24. The molecule has 1 aromatic heterocycles. The summed E-state index contributed by atoms with van der Waals surface area (Å²) in [6, 6.07) is 13.0. The number of amides is 1. The molecule has 3 aromatic rings. The van der Waals surface area contributed by atoms with Gasteiger partial charge >= 0.3 is 5.97 Å². The summed E-state index contributed by atoms with van der Waals surface area (Å²) in [5.74, 6) is -0.608. The molecular formula is C29H32ClNO5S. The molecule has 37 heavy (non-hydrogen) atoms. The van der Waals surface area contributed by atoms with Crippen LogP contribution in [0.1, 0.15) is 61.0 Å². The molecule has 1 unspecified atom stereocenters. The Morgan fingerprint density at radius 1 is 1.14 bits per heavy atom. The van der Waals surface area contributed by atoms with Crippen molar-refractivity contribution in [1.29, 1.82) is 0 Å². The van der Waals surface area contributed by atoms with Crippen molar-refractivity contribution in [1.82, 2.24) is 5.32 Å². The largest absolute Gasteiger partial charge is 0.490 e. The Bertz CT molecular complexity index is 1220. The zero-order valence-electron chi connectivity index (χ0n) is 21.0. The summed E-state index contributed by atoms with van der Waals surface area (Å²) in [6.45, 7) is 3.89. The molecular weight excluding hydrogens is 510 g/mol. The van der Waals surface area contributed by atoms with Crippen molar-refractivity contribution in [2.24, 2.45) is 0 Å². The molecule has 8 heteroatoms. The van der Waals surface area contributed by atoms with E-state index in [1.54, 1.807) is 29.5 Å². The third-order valence-corrected chi connectivity index (χ3v) is 7.36. The van der Waals surface area contributed by atoms with Crippen molar-refractivity contribution < 1.29 is 24.2 Å². The third kappa shape index (κ3) is 7.34. The number of hydrogen-bond donors (Lipinski definition) is 2. The van der Waals surface area contributed by atoms with Gasteiger partial charge in [-0.1, -0.05) is 29.8 Å². The van der Waals surface area contributed by atoms with Gasteiger partial charge in [0.15, 0.2) is 6.10 Å². The van der Waals surface area contributed by atoms with Crippen LogP contribution in [0, 0.1) is 0 Å². The van der Waals surface area contributed by atoms with Gasteiger partial charge in [0.25, 0.3) is 5.91 Å². The van der Waals surface area contributed by atoms with Crippen molar-refractivity contribution in [3.05, 3.63) is 74.9 Å². The van der Waals surface area contributed by atoms with Crippen LogP contribution in [0.15, 0.2) is 53.2 Å². The van der Waals surface area contributed by atoms with Gasteiger partial charge in [-0.3, -0.25) is 4.79 Å². The zero-order valence-corrected chi connectivity index (χ0v) is 22.6. The number of ether oxygens (including phenoxy) is 2. The van der Waals surface area contributed by atoms with Crippen molar-refractivity contribution in [2.75, 3.05) is 0 Å². The molecule has 1 saturated carbocycles. The highest BCUT2D eigenvalue weighted by Gasteiger charge is 2.22. The molecule has 196 valence electrons. The Morgan fingerprint density at radius 3 is 2.57 bits per heavy atom. The predicted octanol–water partition coefficient (Wildman–Crippen LogP) is 6.74. The Hall–Kier alpha value is -2.87. The van der Waals surface area contributed by atoms with Crippen molar-refractivity contribution in [3.8, 4) is 16.9 Å². The van der Waals surface area contributed by atoms with Crippen LogP contribution in [0.4, 0.5) is 0 Å². The van der Waals surface area contributed by atoms with Crippen molar-refractivity contribution in [3.63, 3.8) is 0 Å². The van der Waals surface area contributed by atoms with E-state index in [1.807, 2.05) is 48.9 Å². The average molecular weight is 542 g/mol. The normalized spacial score (nSPS) is 14.6. The first kappa shape index (κ1) is 27.2. The lowest BCUT2D eigenvalue weighted by Crippen LogP contribution is -2.29. The van der Waals surface area contributed by atoms with Gasteiger partial charge in [-0.2, -0.15) is 11.3 Å². The molecule has 1 heterocycles. The Balaban J connectivity index is 1.50. The molecule has 1 aliphatic rings. The van der Waals surface area contributed by atoms with E-state index in [0.29, 0.717) is 16.3 Å². The molecule has 1 amide bonds. The zero-order chi connectivity index (χ0) is 26.4. The molecule has 0 aliphatic heterocycles. The van der Waals surface area contributed by atoms with Crippen LogP contribution in [0.2, 0.25) is 5.02 Å². The van der Waals surface area contributed by atoms with Gasteiger partial charge in [0.2, 0.25) is 0 Å². The van der Waals surface area contributed by atoms with E-state index in [4.69, 9.17) is 21.1 Å². The fourth-order valence-electron chi connectivity index (χ4n) is 4.58. The van der Waals surface area contributed by atoms with Crippen LogP contribution in [-0.2, 0) is 22.5 Å². The highest BCUT2D eigenvalue weighted by Crippen LogP contribution is 2.29. The molecule has 1 aliphatic carbocycles. The van der Waals surface area contributed by atoms with Crippen molar-refractivity contribution in [2.45, 2.75) is 70.8 Å². The minimum absolute atomic E-state index is 0.204. The molecule has 0 bridgehead atoms. The first-order valence-electron chi connectivity index (χ1n) is 12.6. The van der Waals surface area contributed by atoms with Gasteiger partial charge in [0.1, 0.15) is 5.75 Å². The number of hydrogen-bond acceptors (Lipinski definition) is 5. The molecule has 6 nitrogen and oxygen atoms in total. The number of carboxylic acid groups (broad SMARTS) is 1. The van der Waals surface area contributed by atoms with E-state index >= 15 is 0 Å². The lowest BCUT2D eigenvalue weighted by atomic mass is 9.97. The number of aliphatic carboxylic acids is 1. The van der Waals surface area contributed by atoms with Gasteiger partial charge in [-0.25, -0.2) is 4.79 Å². The van der Waals surface area contributed by atoms with E-state index in [-0.39, 0.29) is 31.1 Å². The third-order valence-electron chi connectivity index (χ3n) is 6.36. The second kappa shape index (κ2) is 12.6. The minimum atomic E-state index is -1.000. The molecule has 0 radical (unpaired) electrons. The Labute approximate surface area is 226 Å². The summed E-state index contributed by atoms with van der Waals surface area (Å²) in [5, 5.41) is 16.9. The lowest BCUT2D eigenvalue weighted by Gasteiger charge is -2.18. The quantitative estimate of drug-likeness (QED) is 0.281. The molecule has 4 rings (SSSR count). The first-order valence-corrected chi connectivity index (χ1v) is 13.9. The van der Waals surface area contributed by atoms with Gasteiger partial charge in [0, 0.05) is 13.0 Å². The minimum Gasteiger partial charge on any atom is -0.490 e. The monoisotopic (exact) mass is 541 g/mol. The number of rotatable bonds is 11. The summed E-state index contributed by atoms with van der Waals surface area (Å²) in [5.41, 5.74) is 4.11. The average Bonchev–Trinajstić information content (AvgIpc) is 3.57. The molecule has 0 spiro atoms. The van der Waals surface area contributed by atoms with E-state index in [9.17, 15) is 14.7 Å². The van der Waals surface area contributed by atoms with Gasteiger partial charge in [0.05, 0.1) is 22.8 Å². The highest BCUT2D eigenvalue weighted by molar-refractivity contribution is 7.08. The second-order valence-corrected chi connectivity index (χ2v) is 10.8. The van der Waals surface area contributed by atoms with E-state index < -0.39 is 12.1 Å². The number of nitrogens with one attached hydrogen (secondary N) is 1. The van der Waals surface area contributed by atoms with Crippen molar-refractivity contribution >= 4 is 34.8 Å². The van der Waals surface area contributed by atoms with Crippen LogP contribution >= 0.6 is 22.9 Å². The molecule has 2 N–H and O–H groups in total. The molecule has 0 saturated heterocycles. The number of carbonyl (C=O) groups is 2. The van der Waals surface area contributed by atoms with Gasteiger partial charge in [-0.15, -0.1) is 0 Å². The molecule has 1 atom stereocenters. The number of carboxylic acids is 1. The van der Waals surface area contributed by atoms with E-state index in [0.717, 1.165) is 35.1 Å². The van der Waals surface area contributed by atoms with E-state index in [2.05, 4.69) is 5.32 Å². The fraction of sp³-hybridized carbons (Fsp3) is 0.379. The lowest BCUT2D eigenvalue weighted by molar-refractivity contribution is -0.153. The summed E-state index contributed by atoms with van der Waals surface area (Å²) < 4.78 is 11.6. The molecule has 1 fully saturated rings. The number of halogens is 1.